The second-order valence-corrected chi connectivity index (χ2v) is 18.6. The van der Waals surface area contributed by atoms with E-state index in [0.29, 0.717) is 66.0 Å². The summed E-state index contributed by atoms with van der Waals surface area (Å²) in [5.41, 5.74) is 1.61. The maximum Gasteiger partial charge on any atom is 0.275 e. The number of piperidine rings is 1. The van der Waals surface area contributed by atoms with Gasteiger partial charge in [0, 0.05) is 106 Å². The van der Waals surface area contributed by atoms with Crippen LogP contribution in [0.3, 0.4) is 0 Å². The summed E-state index contributed by atoms with van der Waals surface area (Å²) in [6.07, 6.45) is 4.06. The number of benzene rings is 4. The van der Waals surface area contributed by atoms with Gasteiger partial charge in [0.15, 0.2) is 0 Å². The number of nitrogens with zero attached hydrogens (tertiary/aromatic N) is 5. The van der Waals surface area contributed by atoms with Gasteiger partial charge in [-0.05, 0) is 105 Å². The van der Waals surface area contributed by atoms with Crippen molar-refractivity contribution in [3.05, 3.63) is 120 Å². The third-order valence-corrected chi connectivity index (χ3v) is 14.2. The van der Waals surface area contributed by atoms with E-state index in [1.807, 2.05) is 12.1 Å². The number of halogens is 3. The second-order valence-electron chi connectivity index (χ2n) is 18.6. The minimum atomic E-state index is -3.26. The predicted molar refractivity (Wildman–Crippen MR) is 262 cm³/mol. The van der Waals surface area contributed by atoms with Crippen LogP contribution in [-0.4, -0.2) is 116 Å². The van der Waals surface area contributed by atoms with Gasteiger partial charge >= 0.3 is 0 Å². The van der Waals surface area contributed by atoms with E-state index < -0.39 is 53.2 Å². The predicted octanol–water partition coefficient (Wildman–Crippen LogP) is 8.11. The molecule has 4 aliphatic rings. The zero-order valence-corrected chi connectivity index (χ0v) is 39.5. The van der Waals surface area contributed by atoms with Gasteiger partial charge in [-0.2, -0.15) is 0 Å². The van der Waals surface area contributed by atoms with E-state index in [-0.39, 0.29) is 23.4 Å². The average Bonchev–Trinajstić information content (AvgIpc) is 4.15. The number of hydrogen-bond acceptors (Lipinski definition) is 10. The number of aromatic nitrogens is 1. The zero-order valence-electron chi connectivity index (χ0n) is 39.5. The summed E-state index contributed by atoms with van der Waals surface area (Å²) in [7, 11) is 3.11. The van der Waals surface area contributed by atoms with Crippen molar-refractivity contribution in [1.82, 2.24) is 25.0 Å². The van der Waals surface area contributed by atoms with Crippen molar-refractivity contribution < 1.29 is 41.8 Å². The zero-order chi connectivity index (χ0) is 49.3. The third kappa shape index (κ3) is 9.77. The molecule has 366 valence electrons. The number of rotatable bonds is 16. The summed E-state index contributed by atoms with van der Waals surface area (Å²) in [5.74, 6) is -3.25. The Kier molecular flexibility index (Phi) is 13.6. The van der Waals surface area contributed by atoms with E-state index >= 15 is 8.78 Å². The molecule has 3 aliphatic heterocycles. The molecule has 4 aromatic carbocycles. The lowest BCUT2D eigenvalue weighted by Crippen LogP contribution is -2.49. The molecule has 14 nitrogen and oxygen atoms in total. The van der Waals surface area contributed by atoms with E-state index in [9.17, 15) is 23.6 Å². The number of pyridine rings is 1. The molecule has 9 rings (SSSR count). The standard InChI is InChI=1S/C53H57F3N8O6/c1-33-40-6-5-7-42(47(40)49(66)64(33)34(2)48(65)57-3)53(55,56)21-25-61-26-28-62(29-27-61)32-35-17-23-63(24-18-35)44-31-43-41(30-46(44)69-4)45(16-22-58-43)70-39-14-12-38(13-15-39)60-51(68)52(19-20-52)50(67)59-37-10-8-36(54)9-11-37/h5-16,22,30-31,34-35H,1,17-21,23-29,32H2,2-4H3,(H,57,65)(H,59,67)(H,60,68). The van der Waals surface area contributed by atoms with E-state index in [1.54, 1.807) is 56.6 Å². The highest BCUT2D eigenvalue weighted by Crippen LogP contribution is 2.48. The van der Waals surface area contributed by atoms with Crippen molar-refractivity contribution in [1.29, 1.82) is 0 Å². The number of ether oxygens (including phenoxy) is 2. The van der Waals surface area contributed by atoms with E-state index in [1.165, 1.54) is 48.3 Å². The summed E-state index contributed by atoms with van der Waals surface area (Å²) in [4.78, 5) is 64.8. The van der Waals surface area contributed by atoms with E-state index in [4.69, 9.17) is 9.47 Å². The molecule has 2 saturated heterocycles. The SMILES string of the molecule is C=C1c2cccc(C(F)(F)CCN3CCN(CC4CCN(c5cc6nccc(Oc7ccc(NC(=O)C8(C(=O)Nc9ccc(F)cc9)CC8)cc7)c6cc5OC)CC4)CC3)c2C(=O)N1C(C)C(=O)NC. The molecule has 1 aliphatic carbocycles. The van der Waals surface area contributed by atoms with Crippen molar-refractivity contribution >= 4 is 57.3 Å². The topological polar surface area (TPSA) is 149 Å². The lowest BCUT2D eigenvalue weighted by Gasteiger charge is -2.40. The average molecular weight is 959 g/mol. The normalized spacial score (nSPS) is 17.8. The number of carbonyl (C=O) groups is 4. The first-order valence-electron chi connectivity index (χ1n) is 23.8. The van der Waals surface area contributed by atoms with Crippen LogP contribution in [0, 0.1) is 17.2 Å². The van der Waals surface area contributed by atoms with Crippen molar-refractivity contribution in [2.45, 2.75) is 51.0 Å². The molecule has 1 atom stereocenters. The molecule has 0 bridgehead atoms. The van der Waals surface area contributed by atoms with Crippen molar-refractivity contribution in [2.24, 2.45) is 11.3 Å². The number of alkyl halides is 2. The van der Waals surface area contributed by atoms with Crippen LogP contribution in [0.1, 0.15) is 60.5 Å². The first-order chi connectivity index (χ1) is 33.7. The number of methoxy groups -OCH3 is 1. The van der Waals surface area contributed by atoms with Gasteiger partial charge in [-0.3, -0.25) is 29.1 Å². The molecular formula is C53H57F3N8O6. The highest BCUT2D eigenvalue weighted by molar-refractivity contribution is 6.17. The number of nitrogens with one attached hydrogen (secondary N) is 3. The molecular weight excluding hydrogens is 902 g/mol. The number of hydrogen-bond donors (Lipinski definition) is 3. The Morgan fingerprint density at radius 3 is 2.14 bits per heavy atom. The molecule has 17 heteroatoms. The summed E-state index contributed by atoms with van der Waals surface area (Å²) < 4.78 is 57.5. The molecule has 4 amide bonds. The summed E-state index contributed by atoms with van der Waals surface area (Å²) >= 11 is 0. The fourth-order valence-electron chi connectivity index (χ4n) is 9.87. The fraction of sp³-hybridized carbons (Fsp3) is 0.377. The molecule has 0 radical (unpaired) electrons. The summed E-state index contributed by atoms with van der Waals surface area (Å²) in [6.45, 7) is 11.2. The van der Waals surface area contributed by atoms with Crippen LogP contribution < -0.4 is 30.3 Å². The van der Waals surface area contributed by atoms with Crippen molar-refractivity contribution in [3.63, 3.8) is 0 Å². The monoisotopic (exact) mass is 958 g/mol. The van der Waals surface area contributed by atoms with Crippen molar-refractivity contribution in [2.75, 3.05) is 82.0 Å². The van der Waals surface area contributed by atoms with Gasteiger partial charge in [0.1, 0.15) is 34.5 Å². The van der Waals surface area contributed by atoms with Crippen LogP contribution >= 0.6 is 0 Å². The number of likely N-dealkylation sites (N-methyl/N-ethyl adjacent to an activating group) is 1. The quantitative estimate of drug-likeness (QED) is 0.0829. The van der Waals surface area contributed by atoms with Crippen LogP contribution in [0.5, 0.6) is 17.2 Å². The summed E-state index contributed by atoms with van der Waals surface area (Å²) in [6, 6.07) is 21.6. The first-order valence-corrected chi connectivity index (χ1v) is 23.8. The Labute approximate surface area is 404 Å². The van der Waals surface area contributed by atoms with E-state index in [0.717, 1.165) is 62.2 Å². The molecule has 3 fully saturated rings. The van der Waals surface area contributed by atoms with Crippen LogP contribution in [0.25, 0.3) is 16.6 Å². The second kappa shape index (κ2) is 19.8. The fourth-order valence-corrected chi connectivity index (χ4v) is 9.87. The molecule has 1 aromatic heterocycles. The molecule has 1 saturated carbocycles. The number of amides is 4. The molecule has 4 heterocycles. The van der Waals surface area contributed by atoms with Gasteiger partial charge in [-0.25, -0.2) is 13.2 Å². The first kappa shape index (κ1) is 48.1. The van der Waals surface area contributed by atoms with Gasteiger partial charge in [0.25, 0.3) is 11.8 Å². The Hall–Kier alpha value is -6.98. The lowest BCUT2D eigenvalue weighted by atomic mass is 9.95. The summed E-state index contributed by atoms with van der Waals surface area (Å²) in [5, 5.41) is 8.86. The van der Waals surface area contributed by atoms with Crippen LogP contribution in [0.2, 0.25) is 0 Å². The number of anilines is 3. The van der Waals surface area contributed by atoms with Gasteiger partial charge in [-0.15, -0.1) is 0 Å². The Bertz CT molecular complexity index is 2810. The van der Waals surface area contributed by atoms with E-state index in [2.05, 4.69) is 42.2 Å². The van der Waals surface area contributed by atoms with Crippen molar-refractivity contribution in [3.8, 4) is 17.2 Å². The molecule has 0 spiro atoms. The van der Waals surface area contributed by atoms with Gasteiger partial charge in [0.05, 0.1) is 23.9 Å². The minimum Gasteiger partial charge on any atom is -0.495 e. The maximum atomic E-state index is 16.0. The van der Waals surface area contributed by atoms with Crippen LogP contribution in [0.15, 0.2) is 97.7 Å². The molecule has 1 unspecified atom stereocenters. The number of piperazine rings is 1. The third-order valence-electron chi connectivity index (χ3n) is 14.2. The highest BCUT2D eigenvalue weighted by atomic mass is 19.3. The minimum absolute atomic E-state index is 0.0792. The van der Waals surface area contributed by atoms with Gasteiger partial charge in [-0.1, -0.05) is 24.8 Å². The lowest BCUT2D eigenvalue weighted by molar-refractivity contribution is -0.131. The molecule has 3 N–H and O–H groups in total. The van der Waals surface area contributed by atoms with Crippen LogP contribution in [-0.2, 0) is 20.3 Å². The Balaban J connectivity index is 0.749. The van der Waals surface area contributed by atoms with Gasteiger partial charge < -0.3 is 40.1 Å². The molecule has 70 heavy (non-hydrogen) atoms. The smallest absolute Gasteiger partial charge is 0.275 e. The highest BCUT2D eigenvalue weighted by Gasteiger charge is 2.56. The van der Waals surface area contributed by atoms with Gasteiger partial charge in [0.2, 0.25) is 17.7 Å². The maximum absolute atomic E-state index is 16.0. The molecule has 5 aromatic rings. The number of carbonyl (C=O) groups excluding carboxylic acids is 4. The van der Waals surface area contributed by atoms with Crippen LogP contribution in [0.4, 0.5) is 30.2 Å². The largest absolute Gasteiger partial charge is 0.495 e. The number of fused-ring (bicyclic) bond motifs is 2. The Morgan fingerprint density at radius 2 is 1.51 bits per heavy atom. The Morgan fingerprint density at radius 1 is 0.871 bits per heavy atom.